The number of amides is 2. The zero-order valence-corrected chi connectivity index (χ0v) is 13.8. The Morgan fingerprint density at radius 3 is 2.35 bits per heavy atom. The Balaban J connectivity index is 1.33. The van der Waals surface area contributed by atoms with Gasteiger partial charge in [-0.1, -0.05) is 29.3 Å². The Kier molecular flexibility index (Phi) is 3.96. The fourth-order valence-corrected chi connectivity index (χ4v) is 2.92. The highest BCUT2D eigenvalue weighted by molar-refractivity contribution is 6.20. The lowest BCUT2D eigenvalue weighted by molar-refractivity contribution is -0.168. The van der Waals surface area contributed by atoms with Gasteiger partial charge in [0.1, 0.15) is 5.82 Å². The molecular formula is C19H15N3O4. The van der Waals surface area contributed by atoms with Crippen molar-refractivity contribution in [2.45, 2.75) is 19.3 Å². The van der Waals surface area contributed by atoms with Gasteiger partial charge in [-0.15, -0.1) is 0 Å². The minimum absolute atomic E-state index is 0.0739. The van der Waals surface area contributed by atoms with Gasteiger partial charge in [-0.3, -0.25) is 9.59 Å². The zero-order valence-electron chi connectivity index (χ0n) is 13.8. The average Bonchev–Trinajstić information content (AvgIpc) is 3.16. The highest BCUT2D eigenvalue weighted by Crippen LogP contribution is 2.23. The molecule has 0 spiro atoms. The van der Waals surface area contributed by atoms with E-state index in [2.05, 4.69) is 9.97 Å². The van der Waals surface area contributed by atoms with Crippen molar-refractivity contribution in [1.29, 1.82) is 0 Å². The quantitative estimate of drug-likeness (QED) is 0.715. The molecule has 1 aromatic heterocycles. The molecule has 1 N–H and O–H groups in total. The van der Waals surface area contributed by atoms with Crippen molar-refractivity contribution < 1.29 is 19.2 Å². The predicted octanol–water partition coefficient (Wildman–Crippen LogP) is 2.64. The summed E-state index contributed by atoms with van der Waals surface area (Å²) in [6.45, 7) is 0. The lowest BCUT2D eigenvalue weighted by Crippen LogP contribution is -2.32. The minimum Gasteiger partial charge on any atom is -0.342 e. The Bertz CT molecular complexity index is 956. The van der Waals surface area contributed by atoms with Gasteiger partial charge in [0.2, 0.25) is 0 Å². The monoisotopic (exact) mass is 349 g/mol. The number of nitrogens with zero attached hydrogens (tertiary/aromatic N) is 2. The normalized spacial score (nSPS) is 13.3. The fourth-order valence-electron chi connectivity index (χ4n) is 2.92. The predicted molar refractivity (Wildman–Crippen MR) is 92.1 cm³/mol. The summed E-state index contributed by atoms with van der Waals surface area (Å²) in [7, 11) is 0. The summed E-state index contributed by atoms with van der Waals surface area (Å²) in [5, 5.41) is 0.536. The Morgan fingerprint density at radius 1 is 1.00 bits per heavy atom. The first-order chi connectivity index (χ1) is 12.6. The number of carbonyl (C=O) groups is 3. The molecule has 2 heterocycles. The van der Waals surface area contributed by atoms with Crippen LogP contribution in [0.15, 0.2) is 48.5 Å². The second-order valence-corrected chi connectivity index (χ2v) is 5.97. The average molecular weight is 349 g/mol. The van der Waals surface area contributed by atoms with Crippen molar-refractivity contribution in [1.82, 2.24) is 15.0 Å². The molecule has 130 valence electrons. The molecule has 7 heteroatoms. The zero-order chi connectivity index (χ0) is 18.1. The molecule has 1 aliphatic heterocycles. The smallest absolute Gasteiger partial charge is 0.333 e. The lowest BCUT2D eigenvalue weighted by Gasteiger charge is -2.12. The summed E-state index contributed by atoms with van der Waals surface area (Å²) in [6, 6.07) is 14.0. The second kappa shape index (κ2) is 6.44. The van der Waals surface area contributed by atoms with Crippen molar-refractivity contribution in [3.63, 3.8) is 0 Å². The number of aromatic amines is 1. The van der Waals surface area contributed by atoms with Crippen molar-refractivity contribution >= 4 is 28.8 Å². The third-order valence-electron chi connectivity index (χ3n) is 4.18. The van der Waals surface area contributed by atoms with Crippen LogP contribution < -0.4 is 0 Å². The van der Waals surface area contributed by atoms with Crippen molar-refractivity contribution in [3.8, 4) is 0 Å². The van der Waals surface area contributed by atoms with E-state index in [0.29, 0.717) is 17.9 Å². The van der Waals surface area contributed by atoms with Gasteiger partial charge in [0.15, 0.2) is 0 Å². The number of imide groups is 1. The van der Waals surface area contributed by atoms with E-state index in [1.54, 1.807) is 12.1 Å². The number of aromatic nitrogens is 2. The van der Waals surface area contributed by atoms with Gasteiger partial charge in [0, 0.05) is 12.8 Å². The molecule has 0 atom stereocenters. The van der Waals surface area contributed by atoms with Crippen LogP contribution in [0.25, 0.3) is 11.0 Å². The molecule has 0 saturated heterocycles. The van der Waals surface area contributed by atoms with E-state index in [1.165, 1.54) is 12.1 Å². The molecule has 26 heavy (non-hydrogen) atoms. The van der Waals surface area contributed by atoms with E-state index in [9.17, 15) is 14.4 Å². The van der Waals surface area contributed by atoms with Gasteiger partial charge >= 0.3 is 5.97 Å². The van der Waals surface area contributed by atoms with Crippen LogP contribution in [0.5, 0.6) is 0 Å². The molecule has 0 fully saturated rings. The Morgan fingerprint density at radius 2 is 1.65 bits per heavy atom. The molecule has 0 aliphatic carbocycles. The summed E-state index contributed by atoms with van der Waals surface area (Å²) in [4.78, 5) is 48.9. The number of para-hydroxylation sites is 2. The number of hydrogen-bond donors (Lipinski definition) is 1. The van der Waals surface area contributed by atoms with Crippen LogP contribution in [0.2, 0.25) is 0 Å². The third-order valence-corrected chi connectivity index (χ3v) is 4.18. The number of imidazole rings is 1. The summed E-state index contributed by atoms with van der Waals surface area (Å²) < 4.78 is 0. The van der Waals surface area contributed by atoms with Crippen LogP contribution in [0, 0.1) is 0 Å². The molecule has 0 saturated carbocycles. The first kappa shape index (κ1) is 16.0. The number of nitrogens with one attached hydrogen (secondary N) is 1. The van der Waals surface area contributed by atoms with Gasteiger partial charge in [-0.2, -0.15) is 0 Å². The molecule has 1 aliphatic rings. The molecule has 4 rings (SSSR count). The van der Waals surface area contributed by atoms with Gasteiger partial charge < -0.3 is 9.82 Å². The molecule has 7 nitrogen and oxygen atoms in total. The number of H-pyrrole nitrogens is 1. The van der Waals surface area contributed by atoms with E-state index in [0.717, 1.165) is 16.9 Å². The van der Waals surface area contributed by atoms with E-state index >= 15 is 0 Å². The molecular weight excluding hydrogens is 334 g/mol. The molecule has 2 amide bonds. The molecule has 0 radical (unpaired) electrons. The number of aryl methyl sites for hydroxylation is 1. The number of hydrogen-bond acceptors (Lipinski definition) is 5. The van der Waals surface area contributed by atoms with Crippen molar-refractivity contribution in [3.05, 3.63) is 65.5 Å². The number of rotatable bonds is 5. The summed E-state index contributed by atoms with van der Waals surface area (Å²) in [6.07, 6.45) is 1.12. The van der Waals surface area contributed by atoms with Crippen LogP contribution in [0.3, 0.4) is 0 Å². The Hall–Kier alpha value is -3.48. The fraction of sp³-hybridized carbons (Fsp3) is 0.158. The molecule has 0 unspecified atom stereocenters. The van der Waals surface area contributed by atoms with Crippen LogP contribution in [-0.2, 0) is 16.1 Å². The third kappa shape index (κ3) is 2.83. The van der Waals surface area contributed by atoms with Crippen molar-refractivity contribution in [2.24, 2.45) is 0 Å². The minimum atomic E-state index is -0.629. The second-order valence-electron chi connectivity index (χ2n) is 5.97. The summed E-state index contributed by atoms with van der Waals surface area (Å²) in [5.74, 6) is -1.08. The first-order valence-corrected chi connectivity index (χ1v) is 8.26. The number of hydroxylamine groups is 2. The van der Waals surface area contributed by atoms with Gasteiger partial charge in [-0.05, 0) is 30.7 Å². The molecule has 3 aromatic rings. The molecule has 2 aromatic carbocycles. The largest absolute Gasteiger partial charge is 0.342 e. The topological polar surface area (TPSA) is 92.4 Å². The van der Waals surface area contributed by atoms with Gasteiger partial charge in [0.05, 0.1) is 22.2 Å². The summed E-state index contributed by atoms with van der Waals surface area (Å²) >= 11 is 0. The Labute approximate surface area is 148 Å². The number of benzene rings is 2. The number of fused-ring (bicyclic) bond motifs is 2. The summed E-state index contributed by atoms with van der Waals surface area (Å²) in [5.41, 5.74) is 2.30. The van der Waals surface area contributed by atoms with E-state index in [-0.39, 0.29) is 17.5 Å². The van der Waals surface area contributed by atoms with E-state index in [1.807, 2.05) is 24.3 Å². The highest BCUT2D eigenvalue weighted by Gasteiger charge is 2.38. The number of carbonyl (C=O) groups excluding carboxylic acids is 3. The van der Waals surface area contributed by atoms with E-state index < -0.39 is 17.8 Å². The van der Waals surface area contributed by atoms with Crippen LogP contribution in [0.1, 0.15) is 39.4 Å². The standard InChI is InChI=1S/C19H15N3O4/c23-17(11-5-10-16-20-14-8-3-4-9-15(14)21-16)26-22-18(24)12-6-1-2-7-13(12)19(22)25/h1-4,6-9H,5,10-11H2,(H,20,21). The highest BCUT2D eigenvalue weighted by atomic mass is 16.7. The van der Waals surface area contributed by atoms with E-state index in [4.69, 9.17) is 4.84 Å². The molecule has 0 bridgehead atoms. The van der Waals surface area contributed by atoms with Gasteiger partial charge in [-0.25, -0.2) is 9.78 Å². The van der Waals surface area contributed by atoms with Crippen LogP contribution in [-0.4, -0.2) is 32.8 Å². The maximum Gasteiger partial charge on any atom is 0.333 e. The van der Waals surface area contributed by atoms with Crippen molar-refractivity contribution in [2.75, 3.05) is 0 Å². The lowest BCUT2D eigenvalue weighted by atomic mass is 10.1. The SMILES string of the molecule is O=C(CCCc1nc2ccccc2[nH]1)ON1C(=O)c2ccccc2C1=O. The first-order valence-electron chi connectivity index (χ1n) is 8.26. The van der Waals surface area contributed by atoms with Gasteiger partial charge in [0.25, 0.3) is 11.8 Å². The van der Waals surface area contributed by atoms with Crippen LogP contribution >= 0.6 is 0 Å². The maximum atomic E-state index is 12.2. The van der Waals surface area contributed by atoms with Crippen LogP contribution in [0.4, 0.5) is 0 Å². The maximum absolute atomic E-state index is 12.2.